The highest BCUT2D eigenvalue weighted by Gasteiger charge is 2.41. The first kappa shape index (κ1) is 14.6. The molecule has 1 aromatic carbocycles. The van der Waals surface area contributed by atoms with E-state index in [-0.39, 0.29) is 16.1 Å². The van der Waals surface area contributed by atoms with E-state index < -0.39 is 41.5 Å². The molecule has 0 fully saturated rings. The van der Waals surface area contributed by atoms with Crippen molar-refractivity contribution < 1.29 is 26.4 Å². The zero-order valence-electron chi connectivity index (χ0n) is 10.1. The largest absolute Gasteiger partial charge is 0.399 e. The van der Waals surface area contributed by atoms with E-state index >= 15 is 0 Å². The molecule has 0 spiro atoms. The summed E-state index contributed by atoms with van der Waals surface area (Å²) in [4.78, 5) is 11.7. The highest BCUT2D eigenvalue weighted by atomic mass is 32.2. The number of alkyl halides is 3. The monoisotopic (exact) mass is 308 g/mol. The van der Waals surface area contributed by atoms with Crippen molar-refractivity contribution in [1.29, 1.82) is 0 Å². The highest BCUT2D eigenvalue weighted by Crippen LogP contribution is 2.32. The molecule has 1 aliphatic rings. The van der Waals surface area contributed by atoms with Crippen LogP contribution in [0.25, 0.3) is 0 Å². The Morgan fingerprint density at radius 1 is 1.25 bits per heavy atom. The molecule has 110 valence electrons. The minimum Gasteiger partial charge on any atom is -0.399 e. The minimum absolute atomic E-state index is 0.1000. The fraction of sp³-hybridized carbons (Fsp3) is 0.364. The first-order valence-corrected chi connectivity index (χ1v) is 7.10. The maximum Gasteiger partial charge on any atom is 0.389 e. The van der Waals surface area contributed by atoms with Crippen LogP contribution in [0.5, 0.6) is 0 Å². The van der Waals surface area contributed by atoms with Gasteiger partial charge in [0.15, 0.2) is 0 Å². The van der Waals surface area contributed by atoms with Gasteiger partial charge in [-0.1, -0.05) is 0 Å². The molecule has 0 bridgehead atoms. The fourth-order valence-electron chi connectivity index (χ4n) is 1.95. The zero-order chi connectivity index (χ0) is 15.1. The van der Waals surface area contributed by atoms with E-state index in [1.165, 1.54) is 18.2 Å². The molecule has 1 aromatic rings. The van der Waals surface area contributed by atoms with Crippen molar-refractivity contribution in [2.45, 2.75) is 23.9 Å². The number of sulfonamides is 1. The number of amides is 1. The zero-order valence-corrected chi connectivity index (χ0v) is 11.0. The molecule has 0 saturated heterocycles. The smallest absolute Gasteiger partial charge is 0.389 e. The number of carbonyl (C=O) groups is 1. The van der Waals surface area contributed by atoms with Gasteiger partial charge in [0.25, 0.3) is 15.9 Å². The number of hydrogen-bond acceptors (Lipinski definition) is 4. The van der Waals surface area contributed by atoms with Gasteiger partial charge in [-0.25, -0.2) is 12.7 Å². The predicted octanol–water partition coefficient (Wildman–Crippen LogP) is 1.76. The highest BCUT2D eigenvalue weighted by molar-refractivity contribution is 7.90. The summed E-state index contributed by atoms with van der Waals surface area (Å²) in [6, 6.07) is 3.71. The fourth-order valence-corrected chi connectivity index (χ4v) is 3.53. The summed E-state index contributed by atoms with van der Waals surface area (Å²) in [6.07, 6.45) is -6.01. The van der Waals surface area contributed by atoms with E-state index in [0.29, 0.717) is 4.31 Å². The van der Waals surface area contributed by atoms with Crippen molar-refractivity contribution in [2.75, 3.05) is 12.3 Å². The van der Waals surface area contributed by atoms with E-state index in [1.807, 2.05) is 0 Å². The molecule has 0 aliphatic carbocycles. The second kappa shape index (κ2) is 4.65. The lowest BCUT2D eigenvalue weighted by atomic mass is 10.2. The molecule has 0 unspecified atom stereocenters. The second-order valence-electron chi connectivity index (χ2n) is 4.36. The quantitative estimate of drug-likeness (QED) is 0.863. The Morgan fingerprint density at radius 2 is 1.90 bits per heavy atom. The van der Waals surface area contributed by atoms with Gasteiger partial charge in [-0.15, -0.1) is 0 Å². The number of nitrogen functional groups attached to an aromatic ring is 1. The van der Waals surface area contributed by atoms with Crippen LogP contribution in [0.2, 0.25) is 0 Å². The van der Waals surface area contributed by atoms with E-state index in [0.717, 1.165) is 0 Å². The Balaban J connectivity index is 2.24. The maximum absolute atomic E-state index is 12.1. The van der Waals surface area contributed by atoms with Gasteiger partial charge in [-0.05, 0) is 24.6 Å². The number of carbonyl (C=O) groups excluding carboxylic acids is 1. The molecule has 1 aliphatic heterocycles. The number of rotatable bonds is 3. The third kappa shape index (κ3) is 2.58. The molecule has 1 amide bonds. The van der Waals surface area contributed by atoms with Crippen LogP contribution in [-0.4, -0.2) is 31.4 Å². The summed E-state index contributed by atoms with van der Waals surface area (Å²) in [5, 5.41) is 0. The molecule has 0 atom stereocenters. The van der Waals surface area contributed by atoms with Gasteiger partial charge in [-0.2, -0.15) is 13.2 Å². The Labute approximate surface area is 113 Å². The number of nitrogens with zero attached hydrogens (tertiary/aromatic N) is 1. The SMILES string of the molecule is Nc1ccc2c(c1)C(=O)N(CCCC(F)(F)F)S2(=O)=O. The van der Waals surface area contributed by atoms with E-state index in [1.54, 1.807) is 0 Å². The van der Waals surface area contributed by atoms with Gasteiger partial charge >= 0.3 is 6.18 Å². The molecule has 2 rings (SSSR count). The molecule has 9 heteroatoms. The van der Waals surface area contributed by atoms with Crippen molar-refractivity contribution in [3.05, 3.63) is 23.8 Å². The molecule has 0 aromatic heterocycles. The summed E-state index contributed by atoms with van der Waals surface area (Å²) in [5.74, 6) is -0.838. The number of hydrogen-bond donors (Lipinski definition) is 1. The molecular weight excluding hydrogens is 297 g/mol. The Bertz CT molecular complexity index is 655. The number of halogens is 3. The van der Waals surface area contributed by atoms with Gasteiger partial charge in [0.05, 0.1) is 5.56 Å². The topological polar surface area (TPSA) is 80.5 Å². The van der Waals surface area contributed by atoms with Gasteiger partial charge in [0.1, 0.15) is 4.90 Å². The first-order valence-electron chi connectivity index (χ1n) is 5.66. The van der Waals surface area contributed by atoms with Crippen LogP contribution in [0.4, 0.5) is 18.9 Å². The third-order valence-electron chi connectivity index (χ3n) is 2.85. The van der Waals surface area contributed by atoms with Crippen LogP contribution >= 0.6 is 0 Å². The third-order valence-corrected chi connectivity index (χ3v) is 4.69. The predicted molar refractivity (Wildman–Crippen MR) is 64.4 cm³/mol. The second-order valence-corrected chi connectivity index (χ2v) is 6.19. The number of anilines is 1. The van der Waals surface area contributed by atoms with Crippen LogP contribution in [0.3, 0.4) is 0 Å². The summed E-state index contributed by atoms with van der Waals surface area (Å²) >= 11 is 0. The lowest BCUT2D eigenvalue weighted by Crippen LogP contribution is -2.31. The normalized spacial score (nSPS) is 17.4. The minimum atomic E-state index is -4.39. The Morgan fingerprint density at radius 3 is 2.50 bits per heavy atom. The molecule has 0 radical (unpaired) electrons. The van der Waals surface area contributed by atoms with Crippen molar-refractivity contribution >= 4 is 21.6 Å². The molecule has 2 N–H and O–H groups in total. The molecule has 5 nitrogen and oxygen atoms in total. The Hall–Kier alpha value is -1.77. The van der Waals surface area contributed by atoms with E-state index in [4.69, 9.17) is 5.73 Å². The van der Waals surface area contributed by atoms with Crippen molar-refractivity contribution in [1.82, 2.24) is 4.31 Å². The van der Waals surface area contributed by atoms with Crippen molar-refractivity contribution in [3.8, 4) is 0 Å². The van der Waals surface area contributed by atoms with Gasteiger partial charge in [-0.3, -0.25) is 4.79 Å². The summed E-state index contributed by atoms with van der Waals surface area (Å²) in [5.41, 5.74) is 5.58. The molecular formula is C11H11F3N2O3S. The van der Waals surface area contributed by atoms with Crippen LogP contribution in [0.1, 0.15) is 23.2 Å². The number of nitrogens with two attached hydrogens (primary N) is 1. The van der Waals surface area contributed by atoms with Crippen LogP contribution in [0, 0.1) is 0 Å². The maximum atomic E-state index is 12.1. The lowest BCUT2D eigenvalue weighted by molar-refractivity contribution is -0.135. The molecule has 1 heterocycles. The average molecular weight is 308 g/mol. The van der Waals surface area contributed by atoms with Crippen molar-refractivity contribution in [2.24, 2.45) is 0 Å². The van der Waals surface area contributed by atoms with Crippen LogP contribution in [0.15, 0.2) is 23.1 Å². The number of benzene rings is 1. The molecule has 20 heavy (non-hydrogen) atoms. The van der Waals surface area contributed by atoms with E-state index in [9.17, 15) is 26.4 Å². The van der Waals surface area contributed by atoms with Crippen molar-refractivity contribution in [3.63, 3.8) is 0 Å². The van der Waals surface area contributed by atoms with Crippen LogP contribution < -0.4 is 5.73 Å². The summed E-state index contributed by atoms with van der Waals surface area (Å²) < 4.78 is 60.7. The lowest BCUT2D eigenvalue weighted by Gasteiger charge is -2.15. The Kier molecular flexibility index (Phi) is 3.41. The number of fused-ring (bicyclic) bond motifs is 1. The molecule has 0 saturated carbocycles. The van der Waals surface area contributed by atoms with Gasteiger partial charge < -0.3 is 5.73 Å². The van der Waals surface area contributed by atoms with Crippen LogP contribution in [-0.2, 0) is 10.0 Å². The summed E-state index contributed by atoms with van der Waals surface area (Å²) in [6.45, 7) is -0.505. The van der Waals surface area contributed by atoms with E-state index in [2.05, 4.69) is 0 Å². The van der Waals surface area contributed by atoms with Gasteiger partial charge in [0.2, 0.25) is 0 Å². The van der Waals surface area contributed by atoms with Gasteiger partial charge in [0, 0.05) is 18.7 Å². The summed E-state index contributed by atoms with van der Waals surface area (Å²) in [7, 11) is -4.07. The standard InChI is InChI=1S/C11H11F3N2O3S/c12-11(13,14)4-1-5-16-10(17)8-6-7(15)2-3-9(8)20(16,18)19/h2-3,6H,1,4-5,15H2. The average Bonchev–Trinajstić information content (AvgIpc) is 2.48. The first-order chi connectivity index (χ1) is 9.13.